The lowest BCUT2D eigenvalue weighted by molar-refractivity contribution is -0.452. The molecule has 0 aromatic rings. The molecule has 0 amide bonds. The van der Waals surface area contributed by atoms with Crippen LogP contribution in [0.2, 0.25) is 37.8 Å². The molecule has 0 N–H and O–H groups in total. The second-order valence-electron chi connectivity index (χ2n) is 21.8. The quantitative estimate of drug-likeness (QED) is 0.0346. The van der Waals surface area contributed by atoms with Gasteiger partial charge in [-0.2, -0.15) is 65.9 Å². The monoisotopic (exact) mass is 1170 g/mol. The largest absolute Gasteiger partial charge is 0.460 e. The van der Waals surface area contributed by atoms with E-state index in [1.165, 1.54) is 162 Å². The van der Waals surface area contributed by atoms with Gasteiger partial charge in [0.1, 0.15) is 0 Å². The SMILES string of the molecule is CCCCCCCCCCCCCCCCCCC[Si](C)(OC)O[Si](C)(CCCC(F)(F)C(F)(F)C(F)(F)C(F)(F)C(F)(F)C(F)(F)C(F)(F)F)O[Si](C)(CCCCCCCCCCCCCCCCCCC)OC. The molecule has 0 rings (SSSR count). The van der Waals surface area contributed by atoms with Crippen molar-refractivity contribution in [3.8, 4) is 0 Å². The summed E-state index contributed by atoms with van der Waals surface area (Å²) in [6.07, 6.45) is 27.6. The van der Waals surface area contributed by atoms with Gasteiger partial charge in [0.05, 0.1) is 0 Å². The number of hydrogen-bond acceptors (Lipinski definition) is 4. The van der Waals surface area contributed by atoms with E-state index in [9.17, 15) is 57.1 Å². The highest BCUT2D eigenvalue weighted by atomic mass is 28.5. The number of hydrogen-bond donors (Lipinski definition) is 0. The Hall–Kier alpha value is -0.559. The van der Waals surface area contributed by atoms with Crippen molar-refractivity contribution in [3.63, 3.8) is 0 Å². The minimum atomic E-state index is -8.32. The van der Waals surface area contributed by atoms with Crippen LogP contribution in [0, 0.1) is 0 Å². The topological polar surface area (TPSA) is 36.9 Å². The van der Waals surface area contributed by atoms with Crippen molar-refractivity contribution < 1.29 is 82.9 Å². The molecule has 0 spiro atoms. The fourth-order valence-corrected chi connectivity index (χ4v) is 22.7. The van der Waals surface area contributed by atoms with Crippen molar-refractivity contribution in [2.45, 2.75) is 324 Å². The van der Waals surface area contributed by atoms with Crippen LogP contribution in [0.4, 0.5) is 65.9 Å². The predicted octanol–water partition coefficient (Wildman–Crippen LogP) is 22.0. The molecule has 0 saturated heterocycles. The maximum Gasteiger partial charge on any atom is 0.460 e. The van der Waals surface area contributed by atoms with Crippen molar-refractivity contribution >= 4 is 25.7 Å². The third kappa shape index (κ3) is 26.3. The maximum atomic E-state index is 15.1. The van der Waals surface area contributed by atoms with Gasteiger partial charge in [-0.3, -0.25) is 0 Å². The average Bonchev–Trinajstić information content (AvgIpc) is 3.32. The molecule has 0 heterocycles. The van der Waals surface area contributed by atoms with Gasteiger partial charge in [-0.1, -0.05) is 232 Å². The first-order valence-corrected chi connectivity index (χ1v) is 36.3. The summed E-state index contributed by atoms with van der Waals surface area (Å²) in [6, 6.07) is 0.0779. The molecule has 0 aromatic carbocycles. The standard InChI is InChI=1S/C53H99F15O4Si3/c1-8-10-12-14-16-18-20-22-24-26-28-30-32-34-36-38-40-44-73(5,69-3)71-75(7,72-74(6,70-4)45-41-39-37-35-33-31-29-27-25-23-21-19-17-15-13-11-9-2)46-42-43-47(54,55)48(56,57)49(58,59)50(60,61)51(62,63)52(64,65)53(66,67)68/h8-46H2,1-7H3. The van der Waals surface area contributed by atoms with E-state index >= 15 is 8.78 Å². The van der Waals surface area contributed by atoms with Gasteiger partial charge in [0, 0.05) is 20.6 Å². The molecule has 22 heteroatoms. The van der Waals surface area contributed by atoms with E-state index in [0.29, 0.717) is 24.9 Å². The highest BCUT2D eigenvalue weighted by molar-refractivity contribution is 6.85. The summed E-state index contributed by atoms with van der Waals surface area (Å²) in [5, 5.41) is 0. The van der Waals surface area contributed by atoms with Crippen molar-refractivity contribution in [1.82, 2.24) is 0 Å². The molecular formula is C53H99F15O4Si3. The van der Waals surface area contributed by atoms with Crippen molar-refractivity contribution in [2.75, 3.05) is 14.2 Å². The number of halogens is 15. The van der Waals surface area contributed by atoms with Crippen LogP contribution in [0.3, 0.4) is 0 Å². The van der Waals surface area contributed by atoms with Gasteiger partial charge >= 0.3 is 67.4 Å². The molecule has 2 unspecified atom stereocenters. The lowest BCUT2D eigenvalue weighted by Gasteiger charge is -2.42. The Balaban J connectivity index is 5.74. The van der Waals surface area contributed by atoms with Crippen LogP contribution >= 0.6 is 0 Å². The highest BCUT2D eigenvalue weighted by Gasteiger charge is 2.93. The molecule has 0 fully saturated rings. The van der Waals surface area contributed by atoms with Gasteiger partial charge in [-0.15, -0.1) is 0 Å². The third-order valence-corrected chi connectivity index (χ3v) is 27.1. The molecule has 4 nitrogen and oxygen atoms in total. The van der Waals surface area contributed by atoms with E-state index in [4.69, 9.17) is 17.1 Å². The van der Waals surface area contributed by atoms with Gasteiger partial charge in [-0.05, 0) is 44.2 Å². The highest BCUT2D eigenvalue weighted by Crippen LogP contribution is 2.63. The smallest absolute Gasteiger partial charge is 0.415 e. The van der Waals surface area contributed by atoms with Crippen LogP contribution in [-0.4, -0.2) is 81.6 Å². The molecule has 2 atom stereocenters. The first-order chi connectivity index (χ1) is 34.9. The zero-order valence-electron chi connectivity index (χ0n) is 46.9. The summed E-state index contributed by atoms with van der Waals surface area (Å²) in [6.45, 7) is 9.19. The summed E-state index contributed by atoms with van der Waals surface area (Å²) in [4.78, 5) is 0. The van der Waals surface area contributed by atoms with E-state index in [2.05, 4.69) is 13.8 Å². The minimum Gasteiger partial charge on any atom is -0.415 e. The number of rotatable bonds is 51. The normalized spacial score (nSPS) is 16.1. The zero-order valence-corrected chi connectivity index (χ0v) is 49.9. The Bertz CT molecular complexity index is 1380. The van der Waals surface area contributed by atoms with Gasteiger partial charge in [0.25, 0.3) is 0 Å². The lowest BCUT2D eigenvalue weighted by Crippen LogP contribution is -2.72. The summed E-state index contributed by atoms with van der Waals surface area (Å²) >= 11 is 0. The van der Waals surface area contributed by atoms with Crippen LogP contribution in [-0.2, 0) is 17.1 Å². The van der Waals surface area contributed by atoms with Crippen LogP contribution in [0.25, 0.3) is 0 Å². The summed E-state index contributed by atoms with van der Waals surface area (Å²) in [5.74, 6) is -46.6. The van der Waals surface area contributed by atoms with E-state index in [1.807, 2.05) is 0 Å². The Morgan fingerprint density at radius 1 is 0.267 bits per heavy atom. The number of unbranched alkanes of at least 4 members (excludes halogenated alkanes) is 32. The van der Waals surface area contributed by atoms with Crippen LogP contribution < -0.4 is 0 Å². The molecule has 452 valence electrons. The fourth-order valence-electron chi connectivity index (χ4n) is 9.56. The second-order valence-corrected chi connectivity index (χ2v) is 32.5. The van der Waals surface area contributed by atoms with Crippen LogP contribution in [0.5, 0.6) is 0 Å². The minimum absolute atomic E-state index is 0.380. The van der Waals surface area contributed by atoms with Crippen molar-refractivity contribution in [2.24, 2.45) is 0 Å². The zero-order chi connectivity index (χ0) is 57.4. The van der Waals surface area contributed by atoms with Gasteiger partial charge in [0.2, 0.25) is 0 Å². The first kappa shape index (κ1) is 74.4. The third-order valence-electron chi connectivity index (χ3n) is 14.7. The summed E-state index contributed by atoms with van der Waals surface area (Å²) in [7, 11) is -7.85. The number of alkyl halides is 15. The Labute approximate surface area is 446 Å². The van der Waals surface area contributed by atoms with Gasteiger partial charge in [-0.25, -0.2) is 0 Å². The molecule has 0 radical (unpaired) electrons. The molecule has 75 heavy (non-hydrogen) atoms. The Morgan fingerprint density at radius 2 is 0.480 bits per heavy atom. The predicted molar refractivity (Wildman–Crippen MR) is 279 cm³/mol. The molecule has 0 aromatic heterocycles. The molecule has 0 aliphatic carbocycles. The molecular weight excluding hydrogens is 1070 g/mol. The molecule has 0 aliphatic rings. The lowest BCUT2D eigenvalue weighted by atomic mass is 9.90. The van der Waals surface area contributed by atoms with Crippen molar-refractivity contribution in [1.29, 1.82) is 0 Å². The maximum absolute atomic E-state index is 15.1. The summed E-state index contributed by atoms with van der Waals surface area (Å²) in [5.41, 5.74) is 0. The van der Waals surface area contributed by atoms with Gasteiger partial charge in [0.15, 0.2) is 0 Å². The first-order valence-electron chi connectivity index (χ1n) is 28.7. The second kappa shape index (κ2) is 36.7. The van der Waals surface area contributed by atoms with Crippen LogP contribution in [0.1, 0.15) is 245 Å². The Morgan fingerprint density at radius 3 is 0.720 bits per heavy atom. The fraction of sp³-hybridized carbons (Fsp3) is 1.00. The van der Waals surface area contributed by atoms with E-state index in [-0.39, 0.29) is 0 Å². The van der Waals surface area contributed by atoms with E-state index in [0.717, 1.165) is 64.2 Å². The average molecular weight is 1170 g/mol. The van der Waals surface area contributed by atoms with Crippen LogP contribution in [0.15, 0.2) is 0 Å². The molecule has 0 saturated carbocycles. The van der Waals surface area contributed by atoms with Gasteiger partial charge < -0.3 is 17.1 Å². The van der Waals surface area contributed by atoms with E-state index in [1.54, 1.807) is 13.1 Å². The van der Waals surface area contributed by atoms with Crippen molar-refractivity contribution in [3.05, 3.63) is 0 Å². The molecule has 0 bridgehead atoms. The Kier molecular flexibility index (Phi) is 36.5. The summed E-state index contributed by atoms with van der Waals surface area (Å²) < 4.78 is 235. The van der Waals surface area contributed by atoms with E-state index < -0.39 is 86.3 Å². The molecule has 0 aliphatic heterocycles.